The largest absolute Gasteiger partial charge is 0.497 e. The van der Waals surface area contributed by atoms with Crippen molar-refractivity contribution in [1.29, 1.82) is 0 Å². The van der Waals surface area contributed by atoms with Gasteiger partial charge in [-0.1, -0.05) is 30.3 Å². The maximum atomic E-state index is 6.04. The van der Waals surface area contributed by atoms with Gasteiger partial charge >= 0.3 is 0 Å². The van der Waals surface area contributed by atoms with Gasteiger partial charge in [-0.2, -0.15) is 0 Å². The van der Waals surface area contributed by atoms with Crippen molar-refractivity contribution in [2.45, 2.75) is 18.4 Å². The molecule has 2 aromatic carbocycles. The lowest BCUT2D eigenvalue weighted by Gasteiger charge is -2.20. The Labute approximate surface area is 130 Å². The molecule has 1 fully saturated rings. The van der Waals surface area contributed by atoms with Crippen molar-refractivity contribution < 1.29 is 14.2 Å². The predicted molar refractivity (Wildman–Crippen MR) is 84.6 cm³/mol. The fourth-order valence-corrected chi connectivity index (χ4v) is 4.03. The van der Waals surface area contributed by atoms with E-state index >= 15 is 0 Å². The number of methoxy groups -OCH3 is 2. The summed E-state index contributed by atoms with van der Waals surface area (Å²) in [7, 11) is 3.42. The molecule has 3 heteroatoms. The van der Waals surface area contributed by atoms with Crippen molar-refractivity contribution in [3.63, 3.8) is 0 Å². The number of benzene rings is 2. The maximum Gasteiger partial charge on any atom is 0.126 e. The third-order valence-electron chi connectivity index (χ3n) is 4.95. The first-order chi connectivity index (χ1) is 10.8. The lowest BCUT2D eigenvalue weighted by atomic mass is 9.84. The molecule has 1 heterocycles. The van der Waals surface area contributed by atoms with Crippen LogP contribution in [-0.4, -0.2) is 20.8 Å². The predicted octanol–water partition coefficient (Wildman–Crippen LogP) is 3.93. The summed E-state index contributed by atoms with van der Waals surface area (Å²) in [5, 5.41) is 0. The summed E-state index contributed by atoms with van der Waals surface area (Å²) in [4.78, 5) is 0. The molecule has 1 unspecified atom stereocenters. The lowest BCUT2D eigenvalue weighted by molar-refractivity contribution is 0.0967. The van der Waals surface area contributed by atoms with E-state index in [1.165, 1.54) is 16.7 Å². The molecular formula is C19H20O3. The fraction of sp³-hybridized carbons (Fsp3) is 0.368. The standard InChI is InChI=1S/C19H20O3/c1-20-13-10-15-18(16(11-13)21-2)17(12-6-4-3-5-7-12)14-8-9-22-19(14)15/h3-7,10-11,14,17,19H,8-9H2,1-2H3/t14-,17?,19-/m0/s1. The molecule has 2 aliphatic rings. The summed E-state index contributed by atoms with van der Waals surface area (Å²) in [6, 6.07) is 14.8. The highest BCUT2D eigenvalue weighted by Crippen LogP contribution is 2.57. The Balaban J connectivity index is 1.92. The zero-order chi connectivity index (χ0) is 15.1. The van der Waals surface area contributed by atoms with Crippen molar-refractivity contribution in [2.24, 2.45) is 5.92 Å². The van der Waals surface area contributed by atoms with E-state index in [2.05, 4.69) is 36.4 Å². The van der Waals surface area contributed by atoms with Gasteiger partial charge < -0.3 is 14.2 Å². The van der Waals surface area contributed by atoms with E-state index in [4.69, 9.17) is 14.2 Å². The van der Waals surface area contributed by atoms with Gasteiger partial charge in [0.05, 0.1) is 20.3 Å². The summed E-state index contributed by atoms with van der Waals surface area (Å²) in [5.74, 6) is 2.56. The monoisotopic (exact) mass is 296 g/mol. The second-order valence-corrected chi connectivity index (χ2v) is 5.96. The van der Waals surface area contributed by atoms with Gasteiger partial charge in [0.25, 0.3) is 0 Å². The molecule has 4 rings (SSSR count). The molecule has 1 aliphatic carbocycles. The second kappa shape index (κ2) is 5.33. The van der Waals surface area contributed by atoms with E-state index in [0.717, 1.165) is 24.5 Å². The molecule has 0 amide bonds. The Morgan fingerprint density at radius 3 is 2.59 bits per heavy atom. The molecule has 0 saturated carbocycles. The van der Waals surface area contributed by atoms with Gasteiger partial charge in [0.1, 0.15) is 11.5 Å². The van der Waals surface area contributed by atoms with Crippen molar-refractivity contribution in [2.75, 3.05) is 20.8 Å². The zero-order valence-corrected chi connectivity index (χ0v) is 12.9. The van der Waals surface area contributed by atoms with Gasteiger partial charge in [0.2, 0.25) is 0 Å². The summed E-state index contributed by atoms with van der Waals surface area (Å²) >= 11 is 0. The van der Waals surface area contributed by atoms with Gasteiger partial charge in [-0.25, -0.2) is 0 Å². The molecular weight excluding hydrogens is 276 g/mol. The summed E-state index contributed by atoms with van der Waals surface area (Å²) < 4.78 is 17.2. The molecule has 0 N–H and O–H groups in total. The zero-order valence-electron chi connectivity index (χ0n) is 12.9. The van der Waals surface area contributed by atoms with Gasteiger partial charge in [-0.05, 0) is 23.6 Å². The van der Waals surface area contributed by atoms with Crippen LogP contribution in [0.25, 0.3) is 0 Å². The molecule has 3 nitrogen and oxygen atoms in total. The van der Waals surface area contributed by atoms with E-state index in [-0.39, 0.29) is 6.10 Å². The minimum atomic E-state index is 0.157. The average Bonchev–Trinajstić information content (AvgIpc) is 3.15. The summed E-state index contributed by atoms with van der Waals surface area (Å²) in [6.07, 6.45) is 1.24. The van der Waals surface area contributed by atoms with Gasteiger partial charge in [0.15, 0.2) is 0 Å². The molecule has 0 spiro atoms. The normalized spacial score (nSPS) is 25.6. The molecule has 1 saturated heterocycles. The molecule has 0 aromatic heterocycles. The topological polar surface area (TPSA) is 27.7 Å². The highest BCUT2D eigenvalue weighted by Gasteiger charge is 2.46. The minimum Gasteiger partial charge on any atom is -0.497 e. The molecule has 0 radical (unpaired) electrons. The average molecular weight is 296 g/mol. The van der Waals surface area contributed by atoms with Crippen LogP contribution in [0, 0.1) is 5.92 Å². The molecule has 22 heavy (non-hydrogen) atoms. The van der Waals surface area contributed by atoms with Crippen LogP contribution in [0.2, 0.25) is 0 Å². The Hall–Kier alpha value is -2.00. The van der Waals surface area contributed by atoms with Crippen molar-refractivity contribution in [3.05, 3.63) is 59.2 Å². The van der Waals surface area contributed by atoms with Crippen LogP contribution in [0.4, 0.5) is 0 Å². The Kier molecular flexibility index (Phi) is 3.30. The molecule has 3 atom stereocenters. The van der Waals surface area contributed by atoms with Gasteiger partial charge in [0, 0.05) is 30.1 Å². The number of ether oxygens (including phenoxy) is 3. The second-order valence-electron chi connectivity index (χ2n) is 5.96. The summed E-state index contributed by atoms with van der Waals surface area (Å²) in [5.41, 5.74) is 3.84. The van der Waals surface area contributed by atoms with E-state index in [1.54, 1.807) is 14.2 Å². The third kappa shape index (κ3) is 1.92. The summed E-state index contributed by atoms with van der Waals surface area (Å²) in [6.45, 7) is 0.831. The van der Waals surface area contributed by atoms with Crippen LogP contribution in [0.3, 0.4) is 0 Å². The van der Waals surface area contributed by atoms with E-state index in [9.17, 15) is 0 Å². The van der Waals surface area contributed by atoms with E-state index in [0.29, 0.717) is 11.8 Å². The molecule has 114 valence electrons. The van der Waals surface area contributed by atoms with Crippen molar-refractivity contribution in [1.82, 2.24) is 0 Å². The molecule has 0 bridgehead atoms. The Morgan fingerprint density at radius 2 is 1.86 bits per heavy atom. The number of hydrogen-bond acceptors (Lipinski definition) is 3. The van der Waals surface area contributed by atoms with Crippen LogP contribution >= 0.6 is 0 Å². The SMILES string of the molecule is COc1cc(OC)c2c(c1)[C@H]1OCC[C@H]1C2c1ccccc1. The number of hydrogen-bond donors (Lipinski definition) is 0. The van der Waals surface area contributed by atoms with Crippen LogP contribution in [0.5, 0.6) is 11.5 Å². The van der Waals surface area contributed by atoms with Crippen LogP contribution in [0.1, 0.15) is 35.1 Å². The maximum absolute atomic E-state index is 6.04. The highest BCUT2D eigenvalue weighted by molar-refractivity contribution is 5.56. The van der Waals surface area contributed by atoms with Crippen molar-refractivity contribution >= 4 is 0 Å². The Bertz CT molecular complexity index is 681. The van der Waals surface area contributed by atoms with Gasteiger partial charge in [-0.15, -0.1) is 0 Å². The first-order valence-electron chi connectivity index (χ1n) is 7.76. The first kappa shape index (κ1) is 13.6. The van der Waals surface area contributed by atoms with E-state index in [1.807, 2.05) is 6.07 Å². The smallest absolute Gasteiger partial charge is 0.126 e. The fourth-order valence-electron chi connectivity index (χ4n) is 4.03. The first-order valence-corrected chi connectivity index (χ1v) is 7.76. The van der Waals surface area contributed by atoms with Crippen LogP contribution in [-0.2, 0) is 4.74 Å². The highest BCUT2D eigenvalue weighted by atomic mass is 16.5. The molecule has 1 aliphatic heterocycles. The van der Waals surface area contributed by atoms with Crippen LogP contribution < -0.4 is 9.47 Å². The van der Waals surface area contributed by atoms with Gasteiger partial charge in [-0.3, -0.25) is 0 Å². The quantitative estimate of drug-likeness (QED) is 0.859. The van der Waals surface area contributed by atoms with E-state index < -0.39 is 0 Å². The molecule has 2 aromatic rings. The number of rotatable bonds is 3. The van der Waals surface area contributed by atoms with Crippen LogP contribution in [0.15, 0.2) is 42.5 Å². The number of fused-ring (bicyclic) bond motifs is 3. The minimum absolute atomic E-state index is 0.157. The Morgan fingerprint density at radius 1 is 1.05 bits per heavy atom. The third-order valence-corrected chi connectivity index (χ3v) is 4.95. The van der Waals surface area contributed by atoms with Crippen molar-refractivity contribution in [3.8, 4) is 11.5 Å². The lowest BCUT2D eigenvalue weighted by Crippen LogP contribution is -2.09.